The first-order valence-corrected chi connectivity index (χ1v) is 11.2. The van der Waals surface area contributed by atoms with Crippen molar-refractivity contribution in [3.8, 4) is 0 Å². The standard InChI is InChI=1S/C16H32N4Si/c1-2-10-17(9-1)21(18-11-3-4-12-18,19-13-5-6-14-19)20-15-7-8-16-20/h1-16H2. The molecule has 4 fully saturated rings. The van der Waals surface area contributed by atoms with Gasteiger partial charge < -0.3 is 0 Å². The Morgan fingerprint density at radius 3 is 0.714 bits per heavy atom. The lowest BCUT2D eigenvalue weighted by Crippen LogP contribution is -2.81. The molecule has 0 aromatic rings. The zero-order chi connectivity index (χ0) is 14.1. The summed E-state index contributed by atoms with van der Waals surface area (Å²) in [5.41, 5.74) is 0. The van der Waals surface area contributed by atoms with Gasteiger partial charge in [-0.1, -0.05) is 0 Å². The molecule has 0 spiro atoms. The molecule has 21 heavy (non-hydrogen) atoms. The molecule has 0 aromatic carbocycles. The molecule has 0 saturated carbocycles. The van der Waals surface area contributed by atoms with Crippen LogP contribution in [-0.4, -0.2) is 79.3 Å². The Morgan fingerprint density at radius 2 is 0.524 bits per heavy atom. The molecule has 0 unspecified atom stereocenters. The summed E-state index contributed by atoms with van der Waals surface area (Å²) in [6.07, 6.45) is 11.5. The van der Waals surface area contributed by atoms with E-state index in [1.807, 2.05) is 0 Å². The topological polar surface area (TPSA) is 13.0 Å². The minimum Gasteiger partial charge on any atom is -0.287 e. The van der Waals surface area contributed by atoms with Crippen LogP contribution in [0, 0.1) is 0 Å². The number of rotatable bonds is 4. The van der Waals surface area contributed by atoms with Gasteiger partial charge in [-0.2, -0.15) is 0 Å². The van der Waals surface area contributed by atoms with E-state index in [1.165, 1.54) is 104 Å². The van der Waals surface area contributed by atoms with E-state index in [2.05, 4.69) is 18.3 Å². The molecule has 4 heterocycles. The van der Waals surface area contributed by atoms with E-state index in [0.717, 1.165) is 0 Å². The molecule has 4 saturated heterocycles. The van der Waals surface area contributed by atoms with Crippen molar-refractivity contribution in [1.82, 2.24) is 18.3 Å². The van der Waals surface area contributed by atoms with Crippen molar-refractivity contribution in [1.29, 1.82) is 0 Å². The predicted octanol–water partition coefficient (Wildman–Crippen LogP) is 1.81. The Kier molecular flexibility index (Phi) is 4.38. The molecule has 0 aromatic heterocycles. The highest BCUT2D eigenvalue weighted by Gasteiger charge is 2.58. The van der Waals surface area contributed by atoms with Gasteiger partial charge in [-0.15, -0.1) is 0 Å². The first-order chi connectivity index (χ1) is 10.4. The lowest BCUT2D eigenvalue weighted by molar-refractivity contribution is 0.220. The zero-order valence-corrected chi connectivity index (χ0v) is 14.6. The summed E-state index contributed by atoms with van der Waals surface area (Å²) < 4.78 is 12.0. The summed E-state index contributed by atoms with van der Waals surface area (Å²) in [5, 5.41) is 0. The Bertz CT molecular complexity index is 271. The lowest BCUT2D eigenvalue weighted by atomic mass is 10.4. The van der Waals surface area contributed by atoms with Crippen LogP contribution in [0.4, 0.5) is 0 Å². The highest BCUT2D eigenvalue weighted by Crippen LogP contribution is 2.35. The fourth-order valence-corrected chi connectivity index (χ4v) is 11.3. The van der Waals surface area contributed by atoms with Crippen molar-refractivity contribution >= 4 is 8.72 Å². The Balaban J connectivity index is 1.71. The molecule has 0 amide bonds. The number of hydrogen-bond donors (Lipinski definition) is 0. The van der Waals surface area contributed by atoms with E-state index in [1.54, 1.807) is 0 Å². The van der Waals surface area contributed by atoms with Crippen LogP contribution in [0.5, 0.6) is 0 Å². The van der Waals surface area contributed by atoms with Gasteiger partial charge in [-0.3, -0.25) is 18.3 Å². The summed E-state index contributed by atoms with van der Waals surface area (Å²) in [4.78, 5) is 0. The molecule has 0 N–H and O–H groups in total. The second-order valence-electron chi connectivity index (χ2n) is 7.38. The predicted molar refractivity (Wildman–Crippen MR) is 89.0 cm³/mol. The largest absolute Gasteiger partial charge is 0.376 e. The van der Waals surface area contributed by atoms with Crippen molar-refractivity contribution < 1.29 is 0 Å². The molecule has 0 atom stereocenters. The Hall–Kier alpha value is 0.0569. The Morgan fingerprint density at radius 1 is 0.333 bits per heavy atom. The molecule has 4 aliphatic heterocycles. The van der Waals surface area contributed by atoms with E-state index in [0.29, 0.717) is 0 Å². The van der Waals surface area contributed by atoms with E-state index >= 15 is 0 Å². The van der Waals surface area contributed by atoms with Crippen LogP contribution < -0.4 is 0 Å². The maximum Gasteiger partial charge on any atom is 0.376 e. The zero-order valence-electron chi connectivity index (χ0n) is 13.6. The SMILES string of the molecule is C1CCN([Si](N2CCCC2)(N2CCCC2)N2CCCC2)C1. The second kappa shape index (κ2) is 6.28. The summed E-state index contributed by atoms with van der Waals surface area (Å²) in [5.74, 6) is 0. The Labute approximate surface area is 131 Å². The summed E-state index contributed by atoms with van der Waals surface area (Å²) in [7, 11) is -1.73. The van der Waals surface area contributed by atoms with Gasteiger partial charge >= 0.3 is 8.72 Å². The van der Waals surface area contributed by atoms with Gasteiger partial charge in [0.05, 0.1) is 0 Å². The monoisotopic (exact) mass is 308 g/mol. The van der Waals surface area contributed by atoms with Crippen LogP contribution in [-0.2, 0) is 0 Å². The van der Waals surface area contributed by atoms with E-state index in [-0.39, 0.29) is 0 Å². The first kappa shape index (κ1) is 14.6. The smallest absolute Gasteiger partial charge is 0.287 e. The van der Waals surface area contributed by atoms with Gasteiger partial charge in [0.1, 0.15) is 0 Å². The molecule has 0 radical (unpaired) electrons. The van der Waals surface area contributed by atoms with Gasteiger partial charge in [0.15, 0.2) is 0 Å². The molecular formula is C16H32N4Si. The van der Waals surface area contributed by atoms with Crippen LogP contribution in [0.2, 0.25) is 0 Å². The maximum atomic E-state index is 3.00. The van der Waals surface area contributed by atoms with E-state index in [4.69, 9.17) is 0 Å². The van der Waals surface area contributed by atoms with Crippen molar-refractivity contribution in [2.75, 3.05) is 52.4 Å². The summed E-state index contributed by atoms with van der Waals surface area (Å²) >= 11 is 0. The van der Waals surface area contributed by atoms with Crippen LogP contribution in [0.25, 0.3) is 0 Å². The van der Waals surface area contributed by atoms with Crippen LogP contribution in [0.15, 0.2) is 0 Å². The average molecular weight is 309 g/mol. The quantitative estimate of drug-likeness (QED) is 0.734. The van der Waals surface area contributed by atoms with Crippen molar-refractivity contribution in [3.05, 3.63) is 0 Å². The summed E-state index contributed by atoms with van der Waals surface area (Å²) in [6, 6.07) is 0. The van der Waals surface area contributed by atoms with Crippen molar-refractivity contribution in [2.24, 2.45) is 0 Å². The highest BCUT2D eigenvalue weighted by atomic mass is 28.4. The number of hydrogen-bond acceptors (Lipinski definition) is 4. The van der Waals surface area contributed by atoms with Crippen molar-refractivity contribution in [3.63, 3.8) is 0 Å². The normalized spacial score (nSPS) is 30.9. The summed E-state index contributed by atoms with van der Waals surface area (Å²) in [6.45, 7) is 11.0. The van der Waals surface area contributed by atoms with E-state index < -0.39 is 8.72 Å². The molecular weight excluding hydrogens is 276 g/mol. The van der Waals surface area contributed by atoms with Crippen LogP contribution in [0.3, 0.4) is 0 Å². The van der Waals surface area contributed by atoms with Crippen LogP contribution >= 0.6 is 0 Å². The van der Waals surface area contributed by atoms with Gasteiger partial charge in [0.25, 0.3) is 0 Å². The lowest BCUT2D eigenvalue weighted by Gasteiger charge is -2.54. The minimum atomic E-state index is -1.73. The molecule has 4 rings (SSSR count). The molecule has 4 nitrogen and oxygen atoms in total. The molecule has 120 valence electrons. The van der Waals surface area contributed by atoms with E-state index in [9.17, 15) is 0 Å². The maximum absolute atomic E-state index is 3.00. The fourth-order valence-electron chi connectivity index (χ4n) is 5.27. The van der Waals surface area contributed by atoms with Gasteiger partial charge in [-0.25, -0.2) is 0 Å². The minimum absolute atomic E-state index is 1.37. The second-order valence-corrected chi connectivity index (χ2v) is 11.1. The fraction of sp³-hybridized carbons (Fsp3) is 1.00. The third-order valence-corrected chi connectivity index (χ3v) is 11.3. The van der Waals surface area contributed by atoms with Gasteiger partial charge in [0, 0.05) is 0 Å². The average Bonchev–Trinajstić information content (AvgIpc) is 3.32. The van der Waals surface area contributed by atoms with Gasteiger partial charge in [0.2, 0.25) is 0 Å². The van der Waals surface area contributed by atoms with Crippen molar-refractivity contribution in [2.45, 2.75) is 51.4 Å². The number of nitrogens with zero attached hydrogens (tertiary/aromatic N) is 4. The first-order valence-electron chi connectivity index (χ1n) is 9.42. The molecule has 0 bridgehead atoms. The van der Waals surface area contributed by atoms with Gasteiger partial charge in [-0.05, 0) is 104 Å². The molecule has 5 heteroatoms. The third-order valence-electron chi connectivity index (χ3n) is 6.12. The highest BCUT2D eigenvalue weighted by molar-refractivity contribution is 6.69. The third kappa shape index (κ3) is 2.41. The van der Waals surface area contributed by atoms with Crippen LogP contribution in [0.1, 0.15) is 51.4 Å². The molecule has 0 aliphatic carbocycles. The molecule has 4 aliphatic rings.